The number of amides is 4. The molecule has 8 nitrogen and oxygen atoms in total. The number of nitrogens with zero attached hydrogens (tertiary/aromatic N) is 1. The summed E-state index contributed by atoms with van der Waals surface area (Å²) in [6.45, 7) is -0.352. The zero-order chi connectivity index (χ0) is 20.1. The molecule has 1 saturated heterocycles. The Balaban J connectivity index is 1.41. The standard InChI is InChI=1S/C19H22FN3O5/c20-14-7-3-4-8-15(14)21-19(27)22-16(24)11-28-18(26)12-9-17(25)23(10-12)13-5-1-2-6-13/h3-4,7-8,12-13H,1-2,5-6,9-11H2,(H2,21,22,24,27)/t12-/m0/s1. The van der Waals surface area contributed by atoms with E-state index in [0.29, 0.717) is 6.54 Å². The van der Waals surface area contributed by atoms with Crippen molar-refractivity contribution < 1.29 is 28.3 Å². The Bertz CT molecular complexity index is 779. The molecule has 1 heterocycles. The number of carbonyl (C=O) groups is 4. The van der Waals surface area contributed by atoms with Crippen LogP contribution in [0, 0.1) is 11.7 Å². The largest absolute Gasteiger partial charge is 0.455 e. The summed E-state index contributed by atoms with van der Waals surface area (Å²) >= 11 is 0. The number of halogens is 1. The summed E-state index contributed by atoms with van der Waals surface area (Å²) in [6.07, 6.45) is 4.14. The quantitative estimate of drug-likeness (QED) is 0.745. The normalized spacial score (nSPS) is 19.5. The first kappa shape index (κ1) is 19.8. The molecule has 0 bridgehead atoms. The van der Waals surface area contributed by atoms with Crippen LogP contribution in [0.25, 0.3) is 0 Å². The molecule has 1 saturated carbocycles. The number of rotatable bonds is 5. The molecule has 28 heavy (non-hydrogen) atoms. The minimum absolute atomic E-state index is 0.0671. The van der Waals surface area contributed by atoms with Gasteiger partial charge in [-0.3, -0.25) is 19.7 Å². The minimum Gasteiger partial charge on any atom is -0.455 e. The van der Waals surface area contributed by atoms with Crippen LogP contribution in [0.1, 0.15) is 32.1 Å². The Hall–Kier alpha value is -2.97. The molecular weight excluding hydrogens is 369 g/mol. The average Bonchev–Trinajstić information content (AvgIpc) is 3.31. The van der Waals surface area contributed by atoms with E-state index in [1.54, 1.807) is 4.90 Å². The van der Waals surface area contributed by atoms with Gasteiger partial charge >= 0.3 is 12.0 Å². The van der Waals surface area contributed by atoms with Crippen LogP contribution in [0.3, 0.4) is 0 Å². The molecule has 3 rings (SSSR count). The zero-order valence-electron chi connectivity index (χ0n) is 15.3. The van der Waals surface area contributed by atoms with Crippen molar-refractivity contribution >= 4 is 29.5 Å². The van der Waals surface area contributed by atoms with Gasteiger partial charge in [-0.05, 0) is 25.0 Å². The molecule has 1 aromatic rings. The van der Waals surface area contributed by atoms with Crippen molar-refractivity contribution in [2.45, 2.75) is 38.1 Å². The summed E-state index contributed by atoms with van der Waals surface area (Å²) < 4.78 is 18.4. The predicted octanol–water partition coefficient (Wildman–Crippen LogP) is 1.81. The Morgan fingerprint density at radius 1 is 1.18 bits per heavy atom. The topological polar surface area (TPSA) is 105 Å². The van der Waals surface area contributed by atoms with E-state index in [-0.39, 0.29) is 24.1 Å². The number of carbonyl (C=O) groups excluding carboxylic acids is 4. The van der Waals surface area contributed by atoms with Gasteiger partial charge < -0.3 is 15.0 Å². The highest BCUT2D eigenvalue weighted by molar-refractivity contribution is 6.02. The van der Waals surface area contributed by atoms with Crippen LogP contribution in [-0.4, -0.2) is 47.9 Å². The van der Waals surface area contributed by atoms with Crippen molar-refractivity contribution in [3.63, 3.8) is 0 Å². The van der Waals surface area contributed by atoms with Gasteiger partial charge in [0.15, 0.2) is 6.61 Å². The maximum atomic E-state index is 13.5. The fraction of sp³-hybridized carbons (Fsp3) is 0.474. The van der Waals surface area contributed by atoms with Gasteiger partial charge in [0, 0.05) is 19.0 Å². The highest BCUT2D eigenvalue weighted by Gasteiger charge is 2.39. The number of imide groups is 1. The second-order valence-electron chi connectivity index (χ2n) is 6.98. The lowest BCUT2D eigenvalue weighted by Gasteiger charge is -2.23. The number of benzene rings is 1. The third kappa shape index (κ3) is 4.85. The molecule has 9 heteroatoms. The number of para-hydroxylation sites is 1. The Morgan fingerprint density at radius 2 is 1.89 bits per heavy atom. The number of hydrogen-bond acceptors (Lipinski definition) is 5. The fourth-order valence-corrected chi connectivity index (χ4v) is 3.59. The van der Waals surface area contributed by atoms with Crippen LogP contribution in [0.15, 0.2) is 24.3 Å². The second kappa shape index (κ2) is 8.81. The molecule has 1 aliphatic heterocycles. The molecule has 0 aromatic heterocycles. The number of urea groups is 1. The molecule has 4 amide bonds. The number of anilines is 1. The molecule has 0 spiro atoms. The number of likely N-dealkylation sites (tertiary alicyclic amines) is 1. The van der Waals surface area contributed by atoms with Crippen LogP contribution >= 0.6 is 0 Å². The summed E-state index contributed by atoms with van der Waals surface area (Å²) in [5.74, 6) is -2.80. The molecule has 2 fully saturated rings. The highest BCUT2D eigenvalue weighted by atomic mass is 19.1. The molecule has 2 aliphatic rings. The van der Waals surface area contributed by atoms with Crippen LogP contribution in [0.2, 0.25) is 0 Å². The van der Waals surface area contributed by atoms with Crippen molar-refractivity contribution in [3.8, 4) is 0 Å². The van der Waals surface area contributed by atoms with Gasteiger partial charge in [-0.2, -0.15) is 0 Å². The van der Waals surface area contributed by atoms with Crippen LogP contribution < -0.4 is 10.6 Å². The third-order valence-corrected chi connectivity index (χ3v) is 4.98. The summed E-state index contributed by atoms with van der Waals surface area (Å²) in [7, 11) is 0. The van der Waals surface area contributed by atoms with Crippen molar-refractivity contribution in [2.24, 2.45) is 5.92 Å². The zero-order valence-corrected chi connectivity index (χ0v) is 15.3. The van der Waals surface area contributed by atoms with Crippen LogP contribution in [-0.2, 0) is 19.1 Å². The van der Waals surface area contributed by atoms with Gasteiger partial charge in [-0.15, -0.1) is 0 Å². The van der Waals surface area contributed by atoms with Crippen molar-refractivity contribution in [1.29, 1.82) is 0 Å². The SMILES string of the molecule is O=C(COC(=O)[C@H]1CC(=O)N(C2CCCC2)C1)NC(=O)Nc1ccccc1F. The molecular formula is C19H22FN3O5. The number of nitrogens with one attached hydrogen (secondary N) is 2. The first-order valence-electron chi connectivity index (χ1n) is 9.25. The van der Waals surface area contributed by atoms with Gasteiger partial charge in [-0.1, -0.05) is 25.0 Å². The molecule has 1 aliphatic carbocycles. The first-order valence-corrected chi connectivity index (χ1v) is 9.25. The number of hydrogen-bond donors (Lipinski definition) is 2. The Morgan fingerprint density at radius 3 is 2.61 bits per heavy atom. The van der Waals surface area contributed by atoms with Gasteiger partial charge in [0.25, 0.3) is 5.91 Å². The van der Waals surface area contributed by atoms with E-state index in [9.17, 15) is 23.6 Å². The van der Waals surface area contributed by atoms with Crippen molar-refractivity contribution in [1.82, 2.24) is 10.2 Å². The maximum absolute atomic E-state index is 13.5. The van der Waals surface area contributed by atoms with Gasteiger partial charge in [-0.25, -0.2) is 9.18 Å². The fourth-order valence-electron chi connectivity index (χ4n) is 3.59. The first-order chi connectivity index (χ1) is 13.4. The van der Waals surface area contributed by atoms with E-state index < -0.39 is 36.2 Å². The summed E-state index contributed by atoms with van der Waals surface area (Å²) in [5.41, 5.74) is -0.0822. The molecule has 150 valence electrons. The summed E-state index contributed by atoms with van der Waals surface area (Å²) in [4.78, 5) is 49.5. The van der Waals surface area contributed by atoms with Gasteiger partial charge in [0.05, 0.1) is 11.6 Å². The minimum atomic E-state index is -0.936. The lowest BCUT2D eigenvalue weighted by Crippen LogP contribution is -2.38. The molecule has 0 radical (unpaired) electrons. The number of esters is 1. The van der Waals surface area contributed by atoms with Gasteiger partial charge in [0.1, 0.15) is 5.82 Å². The maximum Gasteiger partial charge on any atom is 0.326 e. The molecule has 1 atom stereocenters. The highest BCUT2D eigenvalue weighted by Crippen LogP contribution is 2.29. The predicted molar refractivity (Wildman–Crippen MR) is 96.6 cm³/mol. The van der Waals surface area contributed by atoms with E-state index in [2.05, 4.69) is 5.32 Å². The van der Waals surface area contributed by atoms with Crippen LogP contribution in [0.5, 0.6) is 0 Å². The molecule has 0 unspecified atom stereocenters. The van der Waals surface area contributed by atoms with Crippen LogP contribution in [0.4, 0.5) is 14.9 Å². The molecule has 2 N–H and O–H groups in total. The van der Waals surface area contributed by atoms with E-state index in [0.717, 1.165) is 31.7 Å². The van der Waals surface area contributed by atoms with E-state index >= 15 is 0 Å². The van der Waals surface area contributed by atoms with E-state index in [1.165, 1.54) is 18.2 Å². The van der Waals surface area contributed by atoms with E-state index in [4.69, 9.17) is 4.74 Å². The third-order valence-electron chi connectivity index (χ3n) is 4.98. The second-order valence-corrected chi connectivity index (χ2v) is 6.98. The average molecular weight is 391 g/mol. The van der Waals surface area contributed by atoms with Gasteiger partial charge in [0.2, 0.25) is 5.91 Å². The van der Waals surface area contributed by atoms with E-state index in [1.807, 2.05) is 5.32 Å². The Kier molecular flexibility index (Phi) is 6.23. The lowest BCUT2D eigenvalue weighted by atomic mass is 10.1. The number of ether oxygens (including phenoxy) is 1. The van der Waals surface area contributed by atoms with Crippen molar-refractivity contribution in [2.75, 3.05) is 18.5 Å². The Labute approximate surface area is 161 Å². The summed E-state index contributed by atoms with van der Waals surface area (Å²) in [5, 5.41) is 4.14. The smallest absolute Gasteiger partial charge is 0.326 e. The summed E-state index contributed by atoms with van der Waals surface area (Å²) in [6, 6.07) is 4.75. The lowest BCUT2D eigenvalue weighted by molar-refractivity contribution is -0.152. The molecule has 1 aromatic carbocycles. The monoisotopic (exact) mass is 391 g/mol. The van der Waals surface area contributed by atoms with Crippen molar-refractivity contribution in [3.05, 3.63) is 30.1 Å².